The van der Waals surface area contributed by atoms with Crippen LogP contribution >= 0.6 is 0 Å². The summed E-state index contributed by atoms with van der Waals surface area (Å²) in [4.78, 5) is 2.37. The van der Waals surface area contributed by atoms with Gasteiger partial charge in [-0.25, -0.2) is 0 Å². The Labute approximate surface area is 63.4 Å². The molecule has 1 rings (SSSR count). The third-order valence-corrected chi connectivity index (χ3v) is 2.48. The van der Waals surface area contributed by atoms with E-state index >= 15 is 0 Å². The van der Waals surface area contributed by atoms with Crippen LogP contribution in [0.3, 0.4) is 0 Å². The van der Waals surface area contributed by atoms with Gasteiger partial charge in [0.1, 0.15) is 0 Å². The minimum absolute atomic E-state index is 0.737. The Morgan fingerprint density at radius 2 is 2.00 bits per heavy atom. The summed E-state index contributed by atoms with van der Waals surface area (Å²) in [6.45, 7) is 4.04. The van der Waals surface area contributed by atoms with E-state index in [4.69, 9.17) is 5.73 Å². The number of nitrogens with two attached hydrogens (primary N) is 1. The summed E-state index contributed by atoms with van der Waals surface area (Å²) >= 11 is 0. The van der Waals surface area contributed by atoms with Gasteiger partial charge in [-0.1, -0.05) is 19.8 Å². The van der Waals surface area contributed by atoms with E-state index in [1.165, 1.54) is 25.7 Å². The number of nitrogens with zero attached hydrogens (tertiary/aromatic N) is 1. The fourth-order valence-electron chi connectivity index (χ4n) is 1.81. The smallest absolute Gasteiger partial charge is 0.0457 e. The predicted molar refractivity (Wildman–Crippen MR) is 43.7 cm³/mol. The van der Waals surface area contributed by atoms with Crippen LogP contribution in [0.1, 0.15) is 32.6 Å². The van der Waals surface area contributed by atoms with Crippen molar-refractivity contribution in [3.8, 4) is 0 Å². The molecule has 0 atom stereocenters. The highest BCUT2D eigenvalue weighted by Gasteiger charge is 2.19. The standard InChI is InChI=1S/C8H18N2/c1-2-10(7-9)8-5-3-4-6-8/h8H,2-7,9H2,1H3. The van der Waals surface area contributed by atoms with E-state index in [1.54, 1.807) is 0 Å². The topological polar surface area (TPSA) is 29.3 Å². The third-order valence-electron chi connectivity index (χ3n) is 2.48. The Bertz CT molecular complexity index is 83.3. The number of hydrogen-bond donors (Lipinski definition) is 1. The minimum atomic E-state index is 0.737. The van der Waals surface area contributed by atoms with Crippen molar-refractivity contribution >= 4 is 0 Å². The lowest BCUT2D eigenvalue weighted by molar-refractivity contribution is 0.215. The fourth-order valence-corrected chi connectivity index (χ4v) is 1.81. The first kappa shape index (κ1) is 8.02. The summed E-state index contributed by atoms with van der Waals surface area (Å²) in [6.07, 6.45) is 5.54. The van der Waals surface area contributed by atoms with Crippen molar-refractivity contribution in [3.05, 3.63) is 0 Å². The van der Waals surface area contributed by atoms with Gasteiger partial charge >= 0.3 is 0 Å². The molecule has 2 heteroatoms. The van der Waals surface area contributed by atoms with Gasteiger partial charge < -0.3 is 5.73 Å². The lowest BCUT2D eigenvalue weighted by atomic mass is 10.2. The number of rotatable bonds is 3. The van der Waals surface area contributed by atoms with E-state index in [2.05, 4.69) is 11.8 Å². The van der Waals surface area contributed by atoms with Gasteiger partial charge in [-0.2, -0.15) is 0 Å². The Hall–Kier alpha value is -0.0800. The van der Waals surface area contributed by atoms with E-state index in [0.29, 0.717) is 0 Å². The first-order valence-corrected chi connectivity index (χ1v) is 4.32. The van der Waals surface area contributed by atoms with Crippen LogP contribution in [0.4, 0.5) is 0 Å². The molecule has 10 heavy (non-hydrogen) atoms. The van der Waals surface area contributed by atoms with Crippen molar-refractivity contribution in [2.75, 3.05) is 13.2 Å². The molecule has 2 nitrogen and oxygen atoms in total. The maximum absolute atomic E-state index is 5.59. The van der Waals surface area contributed by atoms with Crippen molar-refractivity contribution < 1.29 is 0 Å². The van der Waals surface area contributed by atoms with Crippen LogP contribution in [0.2, 0.25) is 0 Å². The molecule has 0 saturated heterocycles. The molecule has 0 unspecified atom stereocenters. The van der Waals surface area contributed by atoms with Crippen LogP contribution in [0.15, 0.2) is 0 Å². The summed E-state index contributed by atoms with van der Waals surface area (Å²) in [7, 11) is 0. The summed E-state index contributed by atoms with van der Waals surface area (Å²) in [5, 5.41) is 0. The van der Waals surface area contributed by atoms with Crippen molar-refractivity contribution in [3.63, 3.8) is 0 Å². The third kappa shape index (κ3) is 1.70. The van der Waals surface area contributed by atoms with Crippen LogP contribution in [-0.2, 0) is 0 Å². The summed E-state index contributed by atoms with van der Waals surface area (Å²) < 4.78 is 0. The van der Waals surface area contributed by atoms with Gasteiger partial charge in [-0.3, -0.25) is 4.90 Å². The molecule has 1 aliphatic rings. The fraction of sp³-hybridized carbons (Fsp3) is 1.00. The van der Waals surface area contributed by atoms with Gasteiger partial charge in [0, 0.05) is 12.7 Å². The molecular weight excluding hydrogens is 124 g/mol. The van der Waals surface area contributed by atoms with Crippen molar-refractivity contribution in [2.45, 2.75) is 38.6 Å². The average Bonchev–Trinajstić information content (AvgIpc) is 2.43. The zero-order valence-corrected chi connectivity index (χ0v) is 6.84. The predicted octanol–water partition coefficient (Wildman–Crippen LogP) is 1.17. The Morgan fingerprint density at radius 3 is 2.40 bits per heavy atom. The second-order valence-electron chi connectivity index (χ2n) is 3.03. The molecule has 1 saturated carbocycles. The van der Waals surface area contributed by atoms with E-state index in [0.717, 1.165) is 19.3 Å². The van der Waals surface area contributed by atoms with Crippen LogP contribution in [0, 0.1) is 0 Å². The molecule has 2 N–H and O–H groups in total. The number of hydrogen-bond acceptors (Lipinski definition) is 2. The Kier molecular flexibility index (Phi) is 3.16. The van der Waals surface area contributed by atoms with Gasteiger partial charge in [0.2, 0.25) is 0 Å². The monoisotopic (exact) mass is 142 g/mol. The maximum atomic E-state index is 5.59. The molecule has 0 aliphatic heterocycles. The van der Waals surface area contributed by atoms with E-state index < -0.39 is 0 Å². The van der Waals surface area contributed by atoms with Crippen LogP contribution < -0.4 is 5.73 Å². The van der Waals surface area contributed by atoms with E-state index in [-0.39, 0.29) is 0 Å². The zero-order valence-electron chi connectivity index (χ0n) is 6.84. The molecule has 0 bridgehead atoms. The van der Waals surface area contributed by atoms with E-state index in [1.807, 2.05) is 0 Å². The van der Waals surface area contributed by atoms with Gasteiger partial charge in [-0.15, -0.1) is 0 Å². The lowest BCUT2D eigenvalue weighted by Gasteiger charge is -2.24. The summed E-state index contributed by atoms with van der Waals surface area (Å²) in [5.41, 5.74) is 5.59. The molecule has 1 fully saturated rings. The molecule has 0 aromatic rings. The molecule has 0 aromatic heterocycles. The van der Waals surface area contributed by atoms with Crippen molar-refractivity contribution in [1.82, 2.24) is 4.90 Å². The van der Waals surface area contributed by atoms with E-state index in [9.17, 15) is 0 Å². The molecule has 60 valence electrons. The van der Waals surface area contributed by atoms with Crippen molar-refractivity contribution in [2.24, 2.45) is 5.73 Å². The molecule has 1 aliphatic carbocycles. The zero-order chi connectivity index (χ0) is 7.40. The average molecular weight is 142 g/mol. The second-order valence-corrected chi connectivity index (χ2v) is 3.03. The van der Waals surface area contributed by atoms with Gasteiger partial charge in [0.05, 0.1) is 0 Å². The molecule has 0 aromatic carbocycles. The largest absolute Gasteiger partial charge is 0.318 e. The Morgan fingerprint density at radius 1 is 1.40 bits per heavy atom. The molecular formula is C8H18N2. The first-order chi connectivity index (χ1) is 4.88. The van der Waals surface area contributed by atoms with Crippen LogP contribution in [-0.4, -0.2) is 24.2 Å². The lowest BCUT2D eigenvalue weighted by Crippen LogP contribution is -2.37. The second kappa shape index (κ2) is 3.94. The molecule has 0 heterocycles. The molecule has 0 spiro atoms. The molecule has 0 radical (unpaired) electrons. The maximum Gasteiger partial charge on any atom is 0.0457 e. The minimum Gasteiger partial charge on any atom is -0.318 e. The highest BCUT2D eigenvalue weighted by atomic mass is 15.2. The highest BCUT2D eigenvalue weighted by Crippen LogP contribution is 2.22. The first-order valence-electron chi connectivity index (χ1n) is 4.32. The highest BCUT2D eigenvalue weighted by molar-refractivity contribution is 4.75. The molecule has 0 amide bonds. The van der Waals surface area contributed by atoms with Crippen molar-refractivity contribution in [1.29, 1.82) is 0 Å². The van der Waals surface area contributed by atoms with Gasteiger partial charge in [0.25, 0.3) is 0 Å². The van der Waals surface area contributed by atoms with Crippen LogP contribution in [0.25, 0.3) is 0 Å². The summed E-state index contributed by atoms with van der Waals surface area (Å²) in [5.74, 6) is 0. The SMILES string of the molecule is CCN(CN)C1CCCC1. The quantitative estimate of drug-likeness (QED) is 0.599. The Balaban J connectivity index is 2.29. The normalized spacial score (nSPS) is 20.7. The van der Waals surface area contributed by atoms with Gasteiger partial charge in [-0.05, 0) is 19.4 Å². The van der Waals surface area contributed by atoms with Crippen LogP contribution in [0.5, 0.6) is 0 Å². The van der Waals surface area contributed by atoms with Gasteiger partial charge in [0.15, 0.2) is 0 Å². The summed E-state index contributed by atoms with van der Waals surface area (Å²) in [6, 6.07) is 0.801.